The Hall–Kier alpha value is -2.63. The van der Waals surface area contributed by atoms with Gasteiger partial charge in [-0.2, -0.15) is 0 Å². The van der Waals surface area contributed by atoms with Crippen molar-refractivity contribution in [2.45, 2.75) is 42.7 Å². The molecule has 30 heavy (non-hydrogen) atoms. The van der Waals surface area contributed by atoms with Crippen LogP contribution >= 0.6 is 0 Å². The molecule has 1 aromatic heterocycles. The van der Waals surface area contributed by atoms with E-state index in [9.17, 15) is 13.4 Å². The average molecular weight is 437 g/mol. The average Bonchev–Trinajstić information content (AvgIpc) is 3.21. The molecular formula is C19H24FN5O4S. The van der Waals surface area contributed by atoms with Crippen LogP contribution in [0, 0.1) is 5.82 Å². The topological polar surface area (TPSA) is 128 Å². The molecule has 2 atom stereocenters. The summed E-state index contributed by atoms with van der Waals surface area (Å²) >= 11 is 0. The number of nitrogens with two attached hydrogens (primary N) is 1. The molecule has 4 N–H and O–H groups in total. The predicted molar refractivity (Wildman–Crippen MR) is 109 cm³/mol. The van der Waals surface area contributed by atoms with Crippen LogP contribution in [0.5, 0.6) is 0 Å². The van der Waals surface area contributed by atoms with Gasteiger partial charge in [0.15, 0.2) is 0 Å². The zero-order valence-corrected chi connectivity index (χ0v) is 17.3. The van der Waals surface area contributed by atoms with E-state index in [0.717, 1.165) is 25.3 Å². The van der Waals surface area contributed by atoms with Gasteiger partial charge in [-0.15, -0.1) is 0 Å². The molecule has 162 valence electrons. The summed E-state index contributed by atoms with van der Waals surface area (Å²) in [5.74, 6) is -0.276. The summed E-state index contributed by atoms with van der Waals surface area (Å²) < 4.78 is 34.8. The highest BCUT2D eigenvalue weighted by Gasteiger charge is 2.39. The van der Waals surface area contributed by atoms with Crippen LogP contribution in [0.4, 0.5) is 20.8 Å². The fourth-order valence-electron chi connectivity index (χ4n) is 2.55. The van der Waals surface area contributed by atoms with Crippen LogP contribution in [-0.2, 0) is 20.5 Å². The molecule has 1 aromatic carbocycles. The van der Waals surface area contributed by atoms with Crippen LogP contribution in [0.2, 0.25) is 0 Å². The van der Waals surface area contributed by atoms with E-state index in [0.29, 0.717) is 13.2 Å². The number of aromatic nitrogens is 2. The number of ether oxygens (including phenoxy) is 2. The number of hydrogen-bond acceptors (Lipinski definition) is 7. The Balaban J connectivity index is 0.000000177. The number of benzene rings is 1. The largest absolute Gasteiger partial charge is 0.444 e. The first kappa shape index (κ1) is 22.1. The summed E-state index contributed by atoms with van der Waals surface area (Å²) in [5.41, 5.74) is 0.210. The van der Waals surface area contributed by atoms with Crippen molar-refractivity contribution in [2.75, 3.05) is 18.5 Å². The van der Waals surface area contributed by atoms with Gasteiger partial charge in [0.1, 0.15) is 22.9 Å². The number of halogens is 1. The molecule has 1 amide bonds. The maximum atomic E-state index is 13.6. The number of nitrogens with one attached hydrogen (secondary N) is 2. The Morgan fingerprint density at radius 1 is 1.37 bits per heavy atom. The van der Waals surface area contributed by atoms with Gasteiger partial charge in [-0.3, -0.25) is 0 Å². The van der Waals surface area contributed by atoms with Gasteiger partial charge in [-0.1, -0.05) is 0 Å². The van der Waals surface area contributed by atoms with Crippen LogP contribution < -0.4 is 15.8 Å². The third-order valence-corrected chi connectivity index (χ3v) is 5.27. The number of hydrogen-bond donors (Lipinski definition) is 3. The lowest BCUT2D eigenvalue weighted by molar-refractivity contribution is 0.0805. The van der Waals surface area contributed by atoms with E-state index >= 15 is 0 Å². The number of alkyl carbamates (subject to hydrolysis) is 1. The second-order valence-electron chi connectivity index (χ2n) is 7.21. The minimum Gasteiger partial charge on any atom is -0.444 e. The van der Waals surface area contributed by atoms with Gasteiger partial charge in [0.25, 0.3) is 0 Å². The molecule has 2 aromatic rings. The van der Waals surface area contributed by atoms with E-state index in [4.69, 9.17) is 14.6 Å². The third-order valence-electron chi connectivity index (χ3n) is 4.55. The van der Waals surface area contributed by atoms with Crippen LogP contribution in [0.1, 0.15) is 26.2 Å². The Bertz CT molecular complexity index is 892. The summed E-state index contributed by atoms with van der Waals surface area (Å²) in [7, 11) is -1.69. The van der Waals surface area contributed by atoms with E-state index in [1.54, 1.807) is 6.07 Å². The quantitative estimate of drug-likeness (QED) is 0.655. The summed E-state index contributed by atoms with van der Waals surface area (Å²) in [6, 6.07) is 5.68. The number of anilines is 2. The zero-order valence-electron chi connectivity index (χ0n) is 16.5. The second-order valence-corrected chi connectivity index (χ2v) is 8.28. The fourth-order valence-corrected chi connectivity index (χ4v) is 2.97. The van der Waals surface area contributed by atoms with Gasteiger partial charge in [0.2, 0.25) is 5.95 Å². The Kier molecular flexibility index (Phi) is 7.29. The van der Waals surface area contributed by atoms with E-state index in [-0.39, 0.29) is 34.3 Å². The van der Waals surface area contributed by atoms with Crippen LogP contribution in [0.25, 0.3) is 0 Å². The molecule has 0 spiro atoms. The van der Waals surface area contributed by atoms with Crippen molar-refractivity contribution in [2.24, 2.45) is 5.14 Å². The number of carbonyl (C=O) groups is 1. The number of carbonyl (C=O) groups excluding carboxylic acids is 1. The minimum atomic E-state index is -1.69. The van der Waals surface area contributed by atoms with Gasteiger partial charge >= 0.3 is 6.09 Å². The Morgan fingerprint density at radius 3 is 2.67 bits per heavy atom. The first-order valence-corrected chi connectivity index (χ1v) is 10.6. The summed E-state index contributed by atoms with van der Waals surface area (Å²) in [6.07, 6.45) is 5.68. The third kappa shape index (κ3) is 6.71. The molecule has 2 aliphatic rings. The van der Waals surface area contributed by atoms with Gasteiger partial charge < -0.3 is 20.1 Å². The zero-order chi connectivity index (χ0) is 21.6. The number of nitrogens with zero attached hydrogens (tertiary/aromatic N) is 2. The molecule has 2 heterocycles. The van der Waals surface area contributed by atoms with Crippen LogP contribution in [-0.4, -0.2) is 45.1 Å². The molecule has 0 bridgehead atoms. The number of amides is 1. The van der Waals surface area contributed by atoms with Crippen molar-refractivity contribution in [3.05, 3.63) is 42.5 Å². The summed E-state index contributed by atoms with van der Waals surface area (Å²) in [5, 5.41) is 10.7. The maximum Gasteiger partial charge on any atom is 0.407 e. The molecule has 9 nitrogen and oxygen atoms in total. The van der Waals surface area contributed by atoms with E-state index in [1.165, 1.54) is 24.5 Å². The van der Waals surface area contributed by atoms with Crippen molar-refractivity contribution in [3.8, 4) is 0 Å². The van der Waals surface area contributed by atoms with E-state index in [2.05, 4.69) is 20.6 Å². The minimum absolute atomic E-state index is 0.0105. The molecule has 11 heteroatoms. The maximum absolute atomic E-state index is 13.6. The Morgan fingerprint density at radius 2 is 2.10 bits per heavy atom. The number of rotatable bonds is 5. The van der Waals surface area contributed by atoms with Crippen LogP contribution in [0.15, 0.2) is 41.6 Å². The van der Waals surface area contributed by atoms with Gasteiger partial charge in [0, 0.05) is 24.4 Å². The van der Waals surface area contributed by atoms with Crippen molar-refractivity contribution >= 4 is 28.7 Å². The molecule has 1 saturated heterocycles. The van der Waals surface area contributed by atoms with Crippen molar-refractivity contribution < 1.29 is 22.9 Å². The highest BCUT2D eigenvalue weighted by molar-refractivity contribution is 7.82. The van der Waals surface area contributed by atoms with Gasteiger partial charge in [-0.25, -0.2) is 28.5 Å². The molecule has 2 fully saturated rings. The first-order chi connectivity index (χ1) is 14.3. The fraction of sp³-hybridized carbons (Fsp3) is 0.421. The molecule has 4 rings (SSSR count). The molecule has 0 radical (unpaired) electrons. The lowest BCUT2D eigenvalue weighted by atomic mass is 10.3. The lowest BCUT2D eigenvalue weighted by Crippen LogP contribution is -2.37. The summed E-state index contributed by atoms with van der Waals surface area (Å²) in [4.78, 5) is 19.3. The molecule has 2 unspecified atom stereocenters. The van der Waals surface area contributed by atoms with Gasteiger partial charge in [-0.05, 0) is 44.0 Å². The summed E-state index contributed by atoms with van der Waals surface area (Å²) in [6.45, 7) is 3.28. The van der Waals surface area contributed by atoms with Crippen molar-refractivity contribution in [1.82, 2.24) is 15.3 Å². The first-order valence-electron chi connectivity index (χ1n) is 9.41. The second kappa shape index (κ2) is 9.92. The highest BCUT2D eigenvalue weighted by atomic mass is 32.2. The monoisotopic (exact) mass is 437 g/mol. The van der Waals surface area contributed by atoms with Crippen LogP contribution in [0.3, 0.4) is 0 Å². The predicted octanol–water partition coefficient (Wildman–Crippen LogP) is 2.39. The Labute approximate surface area is 176 Å². The smallest absolute Gasteiger partial charge is 0.407 e. The van der Waals surface area contributed by atoms with E-state index in [1.807, 2.05) is 6.92 Å². The van der Waals surface area contributed by atoms with Crippen molar-refractivity contribution in [1.29, 1.82) is 0 Å². The molecule has 1 aliphatic heterocycles. The van der Waals surface area contributed by atoms with Crippen molar-refractivity contribution in [3.63, 3.8) is 0 Å². The standard InChI is InChI=1S/C10H9FN4OS.C9H15NO3/c11-8-6-7(17(12)16)2-3-9(8)15-10-13-4-1-5-14-10;1-9(3-4-9)10-8(11)13-7-2-5-12-6-7/h1-6H,12H2,(H,13,14,15);7H,2-6H2,1H3,(H,10,11). The van der Waals surface area contributed by atoms with E-state index < -0.39 is 16.8 Å². The molecule has 1 saturated carbocycles. The molecule has 1 aliphatic carbocycles. The normalized spacial score (nSPS) is 19.8. The lowest BCUT2D eigenvalue weighted by Gasteiger charge is -2.14. The van der Waals surface area contributed by atoms with Gasteiger partial charge in [0.05, 0.1) is 23.8 Å². The SMILES string of the molecule is CC1(NC(=O)OC2CCOC2)CC1.NS(=O)c1ccc(Nc2ncccn2)c(F)c1. The molecular weight excluding hydrogens is 413 g/mol. The highest BCUT2D eigenvalue weighted by Crippen LogP contribution is 2.34.